The van der Waals surface area contributed by atoms with Crippen molar-refractivity contribution in [3.8, 4) is 11.4 Å². The van der Waals surface area contributed by atoms with Crippen molar-refractivity contribution >= 4 is 60.6 Å². The number of anilines is 1. The van der Waals surface area contributed by atoms with Gasteiger partial charge in [-0.3, -0.25) is 4.79 Å². The number of nitrogens with one attached hydrogen (secondary N) is 1. The molecule has 1 aromatic heterocycles. The summed E-state index contributed by atoms with van der Waals surface area (Å²) >= 11 is 6.90. The molecule has 6 nitrogen and oxygen atoms in total. The van der Waals surface area contributed by atoms with E-state index in [1.54, 1.807) is 30.1 Å². The van der Waals surface area contributed by atoms with Crippen LogP contribution in [0.4, 0.5) is 5.69 Å². The second-order valence-electron chi connectivity index (χ2n) is 6.36. The van der Waals surface area contributed by atoms with Crippen molar-refractivity contribution in [3.05, 3.63) is 81.2 Å². The normalized spacial score (nSPS) is 11.2. The van der Waals surface area contributed by atoms with E-state index in [1.165, 1.54) is 6.08 Å². The van der Waals surface area contributed by atoms with E-state index in [0.717, 1.165) is 25.7 Å². The van der Waals surface area contributed by atoms with E-state index in [0.29, 0.717) is 17.0 Å². The number of fused-ring (bicyclic) bond motifs is 1. The lowest BCUT2D eigenvalue weighted by Gasteiger charge is -2.08. The minimum Gasteiger partial charge on any atom is -0.495 e. The van der Waals surface area contributed by atoms with E-state index in [9.17, 15) is 4.79 Å². The van der Waals surface area contributed by atoms with Crippen molar-refractivity contribution in [2.45, 2.75) is 0 Å². The number of carbonyl (C=O) groups excluding carboxylic acids is 1. The van der Waals surface area contributed by atoms with Crippen LogP contribution in [0.25, 0.3) is 22.8 Å². The number of carbonyl (C=O) groups is 1. The van der Waals surface area contributed by atoms with Gasteiger partial charge in [-0.15, -0.1) is 10.2 Å². The predicted octanol–water partition coefficient (Wildman–Crippen LogP) is 5.61. The van der Waals surface area contributed by atoms with E-state index in [4.69, 9.17) is 4.74 Å². The van der Waals surface area contributed by atoms with Gasteiger partial charge in [0, 0.05) is 21.8 Å². The van der Waals surface area contributed by atoms with Crippen molar-refractivity contribution in [2.24, 2.45) is 0 Å². The number of hydrogen-bond donors (Lipinski definition) is 1. The smallest absolute Gasteiger partial charge is 0.248 e. The summed E-state index contributed by atoms with van der Waals surface area (Å²) in [6, 6.07) is 18.8. The highest BCUT2D eigenvalue weighted by atomic mass is 79.9. The summed E-state index contributed by atoms with van der Waals surface area (Å²) in [5.41, 5.74) is 3.72. The van der Waals surface area contributed by atoms with Crippen molar-refractivity contribution in [1.29, 1.82) is 0 Å². The second kappa shape index (κ2) is 8.81. The molecule has 150 valence electrons. The Morgan fingerprint density at radius 3 is 2.57 bits per heavy atom. The molecular weight excluding hydrogens is 512 g/mol. The van der Waals surface area contributed by atoms with Crippen LogP contribution in [0.5, 0.6) is 5.75 Å². The number of ether oxygens (including phenoxy) is 1. The maximum Gasteiger partial charge on any atom is 0.248 e. The highest BCUT2D eigenvalue weighted by molar-refractivity contribution is 9.11. The minimum atomic E-state index is -0.261. The van der Waals surface area contributed by atoms with Crippen LogP contribution >= 0.6 is 31.9 Å². The molecule has 0 aliphatic heterocycles. The average molecular weight is 528 g/mol. The van der Waals surface area contributed by atoms with E-state index >= 15 is 0 Å². The van der Waals surface area contributed by atoms with Gasteiger partial charge in [0.15, 0.2) is 0 Å². The number of halogens is 2. The number of rotatable bonds is 5. The van der Waals surface area contributed by atoms with Gasteiger partial charge < -0.3 is 10.1 Å². The van der Waals surface area contributed by atoms with Gasteiger partial charge in [0.2, 0.25) is 5.91 Å². The Kier molecular flexibility index (Phi) is 5.96. The van der Waals surface area contributed by atoms with E-state index in [-0.39, 0.29) is 5.91 Å². The largest absolute Gasteiger partial charge is 0.495 e. The van der Waals surface area contributed by atoms with E-state index in [2.05, 4.69) is 47.4 Å². The van der Waals surface area contributed by atoms with Gasteiger partial charge in [0.25, 0.3) is 0 Å². The quantitative estimate of drug-likeness (QED) is 0.343. The molecule has 0 saturated carbocycles. The van der Waals surface area contributed by atoms with Gasteiger partial charge in [-0.1, -0.05) is 34.1 Å². The second-order valence-corrected chi connectivity index (χ2v) is 8.13. The van der Waals surface area contributed by atoms with Crippen molar-refractivity contribution in [3.63, 3.8) is 0 Å². The number of benzene rings is 3. The van der Waals surface area contributed by atoms with Gasteiger partial charge in [-0.2, -0.15) is 4.80 Å². The summed E-state index contributed by atoms with van der Waals surface area (Å²) in [7, 11) is 1.59. The molecule has 1 amide bonds. The highest BCUT2D eigenvalue weighted by Gasteiger charge is 2.09. The molecule has 4 rings (SSSR count). The molecule has 0 bridgehead atoms. The molecule has 1 N–H and O–H groups in total. The fraction of sp³-hybridized carbons (Fsp3) is 0.0455. The van der Waals surface area contributed by atoms with Gasteiger partial charge in [0.05, 0.1) is 17.3 Å². The lowest BCUT2D eigenvalue weighted by atomic mass is 10.2. The van der Waals surface area contributed by atoms with Crippen LogP contribution in [0, 0.1) is 0 Å². The van der Waals surface area contributed by atoms with Crippen molar-refractivity contribution < 1.29 is 9.53 Å². The van der Waals surface area contributed by atoms with Gasteiger partial charge in [-0.25, -0.2) is 0 Å². The standard InChI is InChI=1S/C22H16Br2N4O2/c1-30-22-14(11-15(23)12-18(22)24)7-10-21(29)25-16-8-9-19-20(13-16)27-28(26-19)17-5-3-2-4-6-17/h2-13H,1H3,(H,25,29)/b10-7+. The summed E-state index contributed by atoms with van der Waals surface area (Å²) in [5.74, 6) is 0.393. The fourth-order valence-corrected chi connectivity index (χ4v) is 4.36. The molecule has 0 radical (unpaired) electrons. The first-order valence-electron chi connectivity index (χ1n) is 8.98. The van der Waals surface area contributed by atoms with Crippen LogP contribution in [0.2, 0.25) is 0 Å². The lowest BCUT2D eigenvalue weighted by Crippen LogP contribution is -2.07. The van der Waals surface area contributed by atoms with Gasteiger partial charge in [-0.05, 0) is 64.5 Å². The number of nitrogens with zero attached hydrogens (tertiary/aromatic N) is 3. The average Bonchev–Trinajstić information content (AvgIpc) is 3.16. The molecule has 0 saturated heterocycles. The Labute approximate surface area is 189 Å². The molecule has 0 unspecified atom stereocenters. The predicted molar refractivity (Wildman–Crippen MR) is 125 cm³/mol. The first-order chi connectivity index (χ1) is 14.5. The molecule has 0 fully saturated rings. The molecule has 0 aliphatic carbocycles. The molecule has 0 spiro atoms. The fourth-order valence-electron chi connectivity index (χ4n) is 2.94. The van der Waals surface area contributed by atoms with Crippen molar-refractivity contribution in [2.75, 3.05) is 12.4 Å². The number of amides is 1. The number of para-hydroxylation sites is 1. The minimum absolute atomic E-state index is 0.261. The van der Waals surface area contributed by atoms with E-state index < -0.39 is 0 Å². The monoisotopic (exact) mass is 526 g/mol. The Hall–Kier alpha value is -2.97. The van der Waals surface area contributed by atoms with Crippen LogP contribution in [0.3, 0.4) is 0 Å². The zero-order valence-corrected chi connectivity index (χ0v) is 19.0. The van der Waals surface area contributed by atoms with Gasteiger partial charge >= 0.3 is 0 Å². The first-order valence-corrected chi connectivity index (χ1v) is 10.6. The number of aromatic nitrogens is 3. The first kappa shape index (κ1) is 20.3. The van der Waals surface area contributed by atoms with Crippen LogP contribution < -0.4 is 10.1 Å². The summed E-state index contributed by atoms with van der Waals surface area (Å²) in [5, 5.41) is 11.8. The maximum absolute atomic E-state index is 12.4. The summed E-state index contributed by atoms with van der Waals surface area (Å²) in [4.78, 5) is 14.0. The zero-order valence-electron chi connectivity index (χ0n) is 15.8. The molecule has 30 heavy (non-hydrogen) atoms. The SMILES string of the molecule is COc1c(Br)cc(Br)cc1/C=C/C(=O)Nc1ccc2nn(-c3ccccc3)nc2c1. The van der Waals surface area contributed by atoms with Gasteiger partial charge in [0.1, 0.15) is 16.8 Å². The Balaban J connectivity index is 1.53. The molecule has 0 aliphatic rings. The third-order valence-electron chi connectivity index (χ3n) is 4.29. The van der Waals surface area contributed by atoms with Crippen molar-refractivity contribution in [1.82, 2.24) is 15.0 Å². The molecule has 4 aromatic rings. The van der Waals surface area contributed by atoms with Crippen LogP contribution in [0.15, 0.2) is 75.7 Å². The highest BCUT2D eigenvalue weighted by Crippen LogP contribution is 2.33. The summed E-state index contributed by atoms with van der Waals surface area (Å²) < 4.78 is 7.08. The number of methoxy groups -OCH3 is 1. The third-order valence-corrected chi connectivity index (χ3v) is 5.34. The Morgan fingerprint density at radius 1 is 1.03 bits per heavy atom. The topological polar surface area (TPSA) is 69.0 Å². The van der Waals surface area contributed by atoms with Crippen LogP contribution in [0.1, 0.15) is 5.56 Å². The molecule has 3 aromatic carbocycles. The Morgan fingerprint density at radius 2 is 1.80 bits per heavy atom. The maximum atomic E-state index is 12.4. The van der Waals surface area contributed by atoms with Crippen LogP contribution in [-0.4, -0.2) is 28.0 Å². The van der Waals surface area contributed by atoms with Crippen LogP contribution in [-0.2, 0) is 4.79 Å². The van der Waals surface area contributed by atoms with E-state index in [1.807, 2.05) is 48.5 Å². The third kappa shape index (κ3) is 4.44. The Bertz CT molecular complexity index is 1250. The summed E-state index contributed by atoms with van der Waals surface area (Å²) in [6.07, 6.45) is 3.16. The molecule has 8 heteroatoms. The summed E-state index contributed by atoms with van der Waals surface area (Å²) in [6.45, 7) is 0. The zero-order chi connectivity index (χ0) is 21.1. The number of hydrogen-bond acceptors (Lipinski definition) is 4. The molecule has 0 atom stereocenters. The lowest BCUT2D eigenvalue weighted by molar-refractivity contribution is -0.111. The molecule has 1 heterocycles. The molecular formula is C22H16Br2N4O2.